The second kappa shape index (κ2) is 7.28. The molecule has 0 unspecified atom stereocenters. The van der Waals surface area contributed by atoms with Crippen molar-refractivity contribution in [3.05, 3.63) is 57.8 Å². The summed E-state index contributed by atoms with van der Waals surface area (Å²) in [6.07, 6.45) is 1.19. The van der Waals surface area contributed by atoms with Gasteiger partial charge in [-0.1, -0.05) is 42.8 Å². The van der Waals surface area contributed by atoms with E-state index in [1.807, 2.05) is 6.07 Å². The van der Waals surface area contributed by atoms with Crippen LogP contribution in [0.15, 0.2) is 41.8 Å². The van der Waals surface area contributed by atoms with Gasteiger partial charge in [-0.25, -0.2) is 0 Å². The van der Waals surface area contributed by atoms with E-state index >= 15 is 0 Å². The van der Waals surface area contributed by atoms with Crippen LogP contribution < -0.4 is 5.32 Å². The Morgan fingerprint density at radius 3 is 2.74 bits per heavy atom. The average Bonchev–Trinajstić information content (AvgIpc) is 3.18. The zero-order valence-corrected chi connectivity index (χ0v) is 14.6. The number of nitrogens with zero attached hydrogens (tertiary/aromatic N) is 1. The SMILES string of the molecule is Cc1ccc([C@@H](NC(=O)CN2CC[C@@H](C)C2)c2cccs2)cc1. The fourth-order valence-electron chi connectivity index (χ4n) is 3.11. The van der Waals surface area contributed by atoms with Crippen molar-refractivity contribution in [2.75, 3.05) is 19.6 Å². The summed E-state index contributed by atoms with van der Waals surface area (Å²) in [5, 5.41) is 5.29. The number of carbonyl (C=O) groups excluding carboxylic acids is 1. The zero-order chi connectivity index (χ0) is 16.2. The Morgan fingerprint density at radius 1 is 1.35 bits per heavy atom. The van der Waals surface area contributed by atoms with Crippen molar-refractivity contribution >= 4 is 17.2 Å². The van der Waals surface area contributed by atoms with Gasteiger partial charge in [0.25, 0.3) is 0 Å². The lowest BCUT2D eigenvalue weighted by Crippen LogP contribution is -2.38. The van der Waals surface area contributed by atoms with Crippen LogP contribution in [-0.4, -0.2) is 30.4 Å². The first kappa shape index (κ1) is 16.2. The molecule has 122 valence electrons. The summed E-state index contributed by atoms with van der Waals surface area (Å²) in [6.45, 7) is 6.89. The zero-order valence-electron chi connectivity index (χ0n) is 13.8. The molecule has 4 heteroatoms. The largest absolute Gasteiger partial charge is 0.343 e. The molecule has 1 aromatic heterocycles. The fraction of sp³-hybridized carbons (Fsp3) is 0.421. The maximum absolute atomic E-state index is 12.5. The highest BCUT2D eigenvalue weighted by atomic mass is 32.1. The van der Waals surface area contributed by atoms with Gasteiger partial charge < -0.3 is 5.32 Å². The molecule has 2 atom stereocenters. The van der Waals surface area contributed by atoms with Crippen LogP contribution in [0.25, 0.3) is 0 Å². The van der Waals surface area contributed by atoms with E-state index in [1.54, 1.807) is 11.3 Å². The molecule has 0 aliphatic carbocycles. The van der Waals surface area contributed by atoms with Crippen molar-refractivity contribution in [2.45, 2.75) is 26.3 Å². The topological polar surface area (TPSA) is 32.3 Å². The summed E-state index contributed by atoms with van der Waals surface area (Å²) in [5.41, 5.74) is 2.37. The number of hydrogen-bond donors (Lipinski definition) is 1. The van der Waals surface area contributed by atoms with Gasteiger partial charge in [0.05, 0.1) is 12.6 Å². The number of thiophene rings is 1. The number of aryl methyl sites for hydroxylation is 1. The van der Waals surface area contributed by atoms with Crippen LogP contribution >= 0.6 is 11.3 Å². The molecule has 3 rings (SSSR count). The Balaban J connectivity index is 1.71. The van der Waals surface area contributed by atoms with Crippen LogP contribution in [0, 0.1) is 12.8 Å². The molecular formula is C19H24N2OS. The molecule has 1 saturated heterocycles. The van der Waals surface area contributed by atoms with E-state index < -0.39 is 0 Å². The second-order valence-electron chi connectivity index (χ2n) is 6.56. The molecule has 0 spiro atoms. The number of likely N-dealkylation sites (tertiary alicyclic amines) is 1. The van der Waals surface area contributed by atoms with Crippen molar-refractivity contribution in [1.82, 2.24) is 10.2 Å². The number of amides is 1. The van der Waals surface area contributed by atoms with E-state index in [2.05, 4.69) is 59.8 Å². The molecule has 1 aliphatic heterocycles. The maximum Gasteiger partial charge on any atom is 0.234 e. The third kappa shape index (κ3) is 4.21. The van der Waals surface area contributed by atoms with Crippen LogP contribution in [0.5, 0.6) is 0 Å². The summed E-state index contributed by atoms with van der Waals surface area (Å²) >= 11 is 1.69. The van der Waals surface area contributed by atoms with Gasteiger partial charge in [-0.05, 0) is 42.8 Å². The van der Waals surface area contributed by atoms with Crippen molar-refractivity contribution in [1.29, 1.82) is 0 Å². The highest BCUT2D eigenvalue weighted by Crippen LogP contribution is 2.26. The monoisotopic (exact) mass is 328 g/mol. The minimum absolute atomic E-state index is 0.0527. The van der Waals surface area contributed by atoms with Crippen molar-refractivity contribution in [2.24, 2.45) is 5.92 Å². The molecule has 0 radical (unpaired) electrons. The van der Waals surface area contributed by atoms with Crippen LogP contribution in [-0.2, 0) is 4.79 Å². The minimum atomic E-state index is -0.0527. The fourth-order valence-corrected chi connectivity index (χ4v) is 3.92. The lowest BCUT2D eigenvalue weighted by atomic mass is 10.0. The number of hydrogen-bond acceptors (Lipinski definition) is 3. The standard InChI is InChI=1S/C19H24N2OS/c1-14-5-7-16(8-6-14)19(17-4-3-11-23-17)20-18(22)13-21-10-9-15(2)12-21/h3-8,11,15,19H,9-10,12-13H2,1-2H3,(H,20,22)/t15-,19-/m1/s1. The van der Waals surface area contributed by atoms with Crippen molar-refractivity contribution in [3.63, 3.8) is 0 Å². The summed E-state index contributed by atoms with van der Waals surface area (Å²) in [7, 11) is 0. The van der Waals surface area contributed by atoms with Crippen molar-refractivity contribution in [3.8, 4) is 0 Å². The third-order valence-electron chi connectivity index (χ3n) is 4.42. The maximum atomic E-state index is 12.5. The highest BCUT2D eigenvalue weighted by molar-refractivity contribution is 7.10. The molecule has 1 aromatic carbocycles. The van der Waals surface area contributed by atoms with E-state index in [0.29, 0.717) is 12.5 Å². The smallest absolute Gasteiger partial charge is 0.234 e. The Bertz CT molecular complexity index is 636. The number of benzene rings is 1. The minimum Gasteiger partial charge on any atom is -0.343 e. The van der Waals surface area contributed by atoms with Gasteiger partial charge in [0, 0.05) is 11.4 Å². The van der Waals surface area contributed by atoms with Crippen LogP contribution in [0.3, 0.4) is 0 Å². The third-order valence-corrected chi connectivity index (χ3v) is 5.36. The van der Waals surface area contributed by atoms with Gasteiger partial charge in [-0.3, -0.25) is 9.69 Å². The lowest BCUT2D eigenvalue weighted by molar-refractivity contribution is -0.122. The summed E-state index contributed by atoms with van der Waals surface area (Å²) in [4.78, 5) is 15.9. The lowest BCUT2D eigenvalue weighted by Gasteiger charge is -2.21. The Hall–Kier alpha value is -1.65. The Morgan fingerprint density at radius 2 is 2.13 bits per heavy atom. The molecule has 1 N–H and O–H groups in total. The molecule has 23 heavy (non-hydrogen) atoms. The molecule has 1 aliphatic rings. The van der Waals surface area contributed by atoms with E-state index in [0.717, 1.165) is 18.7 Å². The highest BCUT2D eigenvalue weighted by Gasteiger charge is 2.23. The molecule has 0 saturated carbocycles. The van der Waals surface area contributed by atoms with E-state index in [4.69, 9.17) is 0 Å². The number of rotatable bonds is 5. The molecule has 2 aromatic rings. The molecule has 3 nitrogen and oxygen atoms in total. The number of nitrogens with one attached hydrogen (secondary N) is 1. The summed E-state index contributed by atoms with van der Waals surface area (Å²) in [6, 6.07) is 12.5. The first-order valence-electron chi connectivity index (χ1n) is 8.23. The van der Waals surface area contributed by atoms with Gasteiger partial charge in [0.2, 0.25) is 5.91 Å². The van der Waals surface area contributed by atoms with E-state index in [1.165, 1.54) is 16.9 Å². The second-order valence-corrected chi connectivity index (χ2v) is 7.53. The quantitative estimate of drug-likeness (QED) is 0.909. The van der Waals surface area contributed by atoms with Crippen LogP contribution in [0.4, 0.5) is 0 Å². The van der Waals surface area contributed by atoms with Crippen LogP contribution in [0.2, 0.25) is 0 Å². The molecule has 0 bridgehead atoms. The summed E-state index contributed by atoms with van der Waals surface area (Å²) < 4.78 is 0. The normalized spacial score (nSPS) is 19.7. The van der Waals surface area contributed by atoms with E-state index in [9.17, 15) is 4.79 Å². The Labute approximate surface area is 142 Å². The first-order valence-corrected chi connectivity index (χ1v) is 9.11. The molecular weight excluding hydrogens is 304 g/mol. The molecule has 2 heterocycles. The predicted molar refractivity (Wildman–Crippen MR) is 95.7 cm³/mol. The van der Waals surface area contributed by atoms with Gasteiger partial charge in [0.1, 0.15) is 0 Å². The Kier molecular flexibility index (Phi) is 5.13. The van der Waals surface area contributed by atoms with Gasteiger partial charge in [-0.15, -0.1) is 11.3 Å². The summed E-state index contributed by atoms with van der Waals surface area (Å²) in [5.74, 6) is 0.811. The van der Waals surface area contributed by atoms with Crippen LogP contribution in [0.1, 0.15) is 35.4 Å². The molecule has 1 amide bonds. The van der Waals surface area contributed by atoms with Crippen molar-refractivity contribution < 1.29 is 4.79 Å². The molecule has 1 fully saturated rings. The van der Waals surface area contributed by atoms with E-state index in [-0.39, 0.29) is 11.9 Å². The number of carbonyl (C=O) groups is 1. The van der Waals surface area contributed by atoms with Gasteiger partial charge in [-0.2, -0.15) is 0 Å². The predicted octanol–water partition coefficient (Wildman–Crippen LogP) is 3.60. The van der Waals surface area contributed by atoms with Gasteiger partial charge in [0.15, 0.2) is 0 Å². The average molecular weight is 328 g/mol. The van der Waals surface area contributed by atoms with Gasteiger partial charge >= 0.3 is 0 Å². The first-order chi connectivity index (χ1) is 11.1.